The van der Waals surface area contributed by atoms with Crippen molar-refractivity contribution in [2.24, 2.45) is 0 Å². The number of rotatable bonds is 7. The quantitative estimate of drug-likeness (QED) is 0.758. The van der Waals surface area contributed by atoms with Gasteiger partial charge in [-0.1, -0.05) is 0 Å². The summed E-state index contributed by atoms with van der Waals surface area (Å²) in [5.41, 5.74) is 0.978. The van der Waals surface area contributed by atoms with Gasteiger partial charge in [-0.3, -0.25) is 4.90 Å². The summed E-state index contributed by atoms with van der Waals surface area (Å²) in [6.07, 6.45) is 6.91. The predicted octanol–water partition coefficient (Wildman–Crippen LogP) is 0.505. The van der Waals surface area contributed by atoms with E-state index in [1.54, 1.807) is 0 Å². The summed E-state index contributed by atoms with van der Waals surface area (Å²) in [6.45, 7) is 2.65. The average Bonchev–Trinajstić information content (AvgIpc) is 2.49. The van der Waals surface area contributed by atoms with E-state index < -0.39 is 0 Å². The van der Waals surface area contributed by atoms with Crippen molar-refractivity contribution in [2.45, 2.75) is 31.9 Å². The molecule has 1 atom stereocenters. The monoisotopic (exact) mass is 281 g/mol. The van der Waals surface area contributed by atoms with E-state index in [2.05, 4.69) is 9.97 Å². The molecule has 1 aliphatic heterocycles. The Bertz CT molecular complexity index is 374. The molecule has 20 heavy (non-hydrogen) atoms. The Labute approximate surface area is 119 Å². The second kappa shape index (κ2) is 8.26. The van der Waals surface area contributed by atoms with Crippen LogP contribution in [0.5, 0.6) is 0 Å². The number of aliphatic hydroxyl groups is 2. The number of aliphatic hydroxyl groups excluding tert-OH is 2. The zero-order valence-corrected chi connectivity index (χ0v) is 11.7. The molecular weight excluding hydrogens is 258 g/mol. The lowest BCUT2D eigenvalue weighted by Gasteiger charge is -2.22. The zero-order valence-electron chi connectivity index (χ0n) is 11.7. The Morgan fingerprint density at radius 1 is 1.15 bits per heavy atom. The molecule has 0 bridgehead atoms. The second-order valence-corrected chi connectivity index (χ2v) is 5.03. The van der Waals surface area contributed by atoms with Crippen LogP contribution in [0.4, 0.5) is 0 Å². The molecule has 0 aliphatic carbocycles. The molecule has 2 N–H and O–H groups in total. The average molecular weight is 281 g/mol. The van der Waals surface area contributed by atoms with Crippen molar-refractivity contribution in [1.29, 1.82) is 0 Å². The Morgan fingerprint density at radius 2 is 1.85 bits per heavy atom. The summed E-state index contributed by atoms with van der Waals surface area (Å²) in [7, 11) is 0. The Hall–Kier alpha value is -1.08. The van der Waals surface area contributed by atoms with Gasteiger partial charge in [-0.15, -0.1) is 0 Å². The van der Waals surface area contributed by atoms with E-state index in [1.165, 1.54) is 0 Å². The molecule has 0 aromatic carbocycles. The predicted molar refractivity (Wildman–Crippen MR) is 74.0 cm³/mol. The zero-order chi connectivity index (χ0) is 14.2. The Kier molecular flexibility index (Phi) is 6.32. The van der Waals surface area contributed by atoms with Crippen LogP contribution in [0.1, 0.15) is 36.8 Å². The number of nitrogens with zero attached hydrogens (tertiary/aromatic N) is 3. The van der Waals surface area contributed by atoms with Gasteiger partial charge in [0.25, 0.3) is 0 Å². The number of ether oxygens (including phenoxy) is 1. The third kappa shape index (κ3) is 4.49. The van der Waals surface area contributed by atoms with Crippen LogP contribution in [0, 0.1) is 0 Å². The van der Waals surface area contributed by atoms with Gasteiger partial charge in [0, 0.05) is 44.2 Å². The third-order valence-corrected chi connectivity index (χ3v) is 3.43. The van der Waals surface area contributed by atoms with Gasteiger partial charge in [-0.05, 0) is 19.3 Å². The van der Waals surface area contributed by atoms with Crippen molar-refractivity contribution in [1.82, 2.24) is 14.9 Å². The first-order valence-corrected chi connectivity index (χ1v) is 7.20. The van der Waals surface area contributed by atoms with Crippen molar-refractivity contribution in [3.8, 4) is 0 Å². The standard InChI is InChI=1S/C14H23N3O3/c18-6-4-17(5-7-19)11-12-9-15-14(16-10-12)13-3-1-2-8-20-13/h9-10,13,18-19H,1-8,11H2. The van der Waals surface area contributed by atoms with E-state index in [1.807, 2.05) is 17.3 Å². The van der Waals surface area contributed by atoms with Gasteiger partial charge in [0.1, 0.15) is 6.10 Å². The fraction of sp³-hybridized carbons (Fsp3) is 0.714. The highest BCUT2D eigenvalue weighted by atomic mass is 16.5. The molecule has 0 saturated carbocycles. The van der Waals surface area contributed by atoms with Crippen LogP contribution in [0.15, 0.2) is 12.4 Å². The smallest absolute Gasteiger partial charge is 0.157 e. The van der Waals surface area contributed by atoms with E-state index in [-0.39, 0.29) is 19.3 Å². The number of hydrogen-bond acceptors (Lipinski definition) is 6. The van der Waals surface area contributed by atoms with E-state index >= 15 is 0 Å². The van der Waals surface area contributed by atoms with Crippen molar-refractivity contribution < 1.29 is 14.9 Å². The molecule has 112 valence electrons. The summed E-state index contributed by atoms with van der Waals surface area (Å²) in [6, 6.07) is 0. The van der Waals surface area contributed by atoms with Crippen LogP contribution in [0.25, 0.3) is 0 Å². The van der Waals surface area contributed by atoms with Gasteiger partial charge in [0.05, 0.1) is 13.2 Å². The molecule has 1 aliphatic rings. The van der Waals surface area contributed by atoms with Crippen LogP contribution in [-0.2, 0) is 11.3 Å². The molecule has 1 aromatic rings. The molecule has 0 radical (unpaired) electrons. The first kappa shape index (κ1) is 15.3. The van der Waals surface area contributed by atoms with Crippen LogP contribution >= 0.6 is 0 Å². The van der Waals surface area contributed by atoms with Gasteiger partial charge < -0.3 is 14.9 Å². The summed E-state index contributed by atoms with van der Waals surface area (Å²) >= 11 is 0. The fourth-order valence-corrected chi connectivity index (χ4v) is 2.37. The molecule has 0 spiro atoms. The lowest BCUT2D eigenvalue weighted by Crippen LogP contribution is -2.29. The minimum Gasteiger partial charge on any atom is -0.395 e. The molecule has 2 rings (SSSR count). The number of aromatic nitrogens is 2. The maximum atomic E-state index is 8.98. The highest BCUT2D eigenvalue weighted by Gasteiger charge is 2.18. The molecule has 1 aromatic heterocycles. The normalized spacial score (nSPS) is 19.4. The van der Waals surface area contributed by atoms with Gasteiger partial charge >= 0.3 is 0 Å². The highest BCUT2D eigenvalue weighted by molar-refractivity contribution is 5.06. The molecule has 1 fully saturated rings. The van der Waals surface area contributed by atoms with Crippen LogP contribution < -0.4 is 0 Å². The third-order valence-electron chi connectivity index (χ3n) is 3.43. The Morgan fingerprint density at radius 3 is 2.40 bits per heavy atom. The minimum atomic E-state index is 0.0313. The topological polar surface area (TPSA) is 78.7 Å². The first-order valence-electron chi connectivity index (χ1n) is 7.20. The molecule has 1 unspecified atom stereocenters. The van der Waals surface area contributed by atoms with E-state index in [4.69, 9.17) is 14.9 Å². The molecule has 1 saturated heterocycles. The molecule has 6 heteroatoms. The molecule has 6 nitrogen and oxygen atoms in total. The van der Waals surface area contributed by atoms with Crippen LogP contribution in [0.2, 0.25) is 0 Å². The van der Waals surface area contributed by atoms with E-state index in [9.17, 15) is 0 Å². The second-order valence-electron chi connectivity index (χ2n) is 5.03. The van der Waals surface area contributed by atoms with Crippen LogP contribution in [0.3, 0.4) is 0 Å². The van der Waals surface area contributed by atoms with Gasteiger partial charge in [-0.25, -0.2) is 9.97 Å². The highest BCUT2D eigenvalue weighted by Crippen LogP contribution is 2.24. The van der Waals surface area contributed by atoms with Crippen LogP contribution in [-0.4, -0.2) is 58.0 Å². The largest absolute Gasteiger partial charge is 0.395 e. The molecular formula is C14H23N3O3. The van der Waals surface area contributed by atoms with Crippen molar-refractivity contribution in [2.75, 3.05) is 32.9 Å². The van der Waals surface area contributed by atoms with Gasteiger partial charge in [0.15, 0.2) is 5.82 Å². The summed E-state index contributed by atoms with van der Waals surface area (Å²) in [5, 5.41) is 18.0. The minimum absolute atomic E-state index is 0.0313. The SMILES string of the molecule is OCCN(CCO)Cc1cnc(C2CCCCO2)nc1. The lowest BCUT2D eigenvalue weighted by molar-refractivity contribution is 0.00938. The van der Waals surface area contributed by atoms with Crippen molar-refractivity contribution in [3.63, 3.8) is 0 Å². The lowest BCUT2D eigenvalue weighted by atomic mass is 10.1. The molecule has 0 amide bonds. The van der Waals surface area contributed by atoms with E-state index in [0.717, 1.165) is 37.3 Å². The first-order chi connectivity index (χ1) is 9.83. The van der Waals surface area contributed by atoms with E-state index in [0.29, 0.717) is 19.6 Å². The maximum Gasteiger partial charge on any atom is 0.157 e. The molecule has 2 heterocycles. The Balaban J connectivity index is 1.92. The summed E-state index contributed by atoms with van der Waals surface area (Å²) < 4.78 is 5.66. The fourth-order valence-electron chi connectivity index (χ4n) is 2.37. The maximum absolute atomic E-state index is 8.98. The van der Waals surface area contributed by atoms with Gasteiger partial charge in [0.2, 0.25) is 0 Å². The van der Waals surface area contributed by atoms with Gasteiger partial charge in [-0.2, -0.15) is 0 Å². The summed E-state index contributed by atoms with van der Waals surface area (Å²) in [5.74, 6) is 0.754. The number of hydrogen-bond donors (Lipinski definition) is 2. The van der Waals surface area contributed by atoms with Crippen molar-refractivity contribution in [3.05, 3.63) is 23.8 Å². The van der Waals surface area contributed by atoms with Crippen molar-refractivity contribution >= 4 is 0 Å². The summed E-state index contributed by atoms with van der Waals surface area (Å²) in [4.78, 5) is 10.7.